The van der Waals surface area contributed by atoms with E-state index in [9.17, 15) is 4.79 Å². The first-order valence-electron chi connectivity index (χ1n) is 11.3. The normalized spacial score (nSPS) is 12.8. The molecular weight excluding hydrogens is 436 g/mol. The van der Waals surface area contributed by atoms with Crippen LogP contribution < -0.4 is 9.78 Å². The Morgan fingerprint density at radius 3 is 1.09 bits per heavy atom. The standard InChI is InChI=1S/C27H38O7/c1-24(2,3)33-31-21-15-11-19(12-16-21)26(7,8)29-23(28)30-27(9,10)20-13-17-22(18-14-20)32-34-25(4,5)6/h11-18H,1-10H3. The van der Waals surface area contributed by atoms with Crippen molar-refractivity contribution in [3.8, 4) is 11.5 Å². The lowest BCUT2D eigenvalue weighted by molar-refractivity contribution is -0.274. The summed E-state index contributed by atoms with van der Waals surface area (Å²) in [5, 5.41) is 0. The van der Waals surface area contributed by atoms with Crippen LogP contribution in [0.1, 0.15) is 80.4 Å². The number of hydrogen-bond acceptors (Lipinski definition) is 7. The molecule has 188 valence electrons. The molecule has 0 saturated carbocycles. The molecule has 0 amide bonds. The van der Waals surface area contributed by atoms with Crippen molar-refractivity contribution in [3.05, 3.63) is 59.7 Å². The van der Waals surface area contributed by atoms with Gasteiger partial charge in [-0.25, -0.2) is 4.79 Å². The maximum atomic E-state index is 12.6. The molecule has 2 aromatic carbocycles. The van der Waals surface area contributed by atoms with Crippen LogP contribution >= 0.6 is 0 Å². The zero-order valence-electron chi connectivity index (χ0n) is 22.0. The number of carbonyl (C=O) groups is 1. The molecule has 0 bridgehead atoms. The minimum atomic E-state index is -0.918. The third-order valence-corrected chi connectivity index (χ3v) is 4.55. The van der Waals surface area contributed by atoms with Crippen LogP contribution in [0.4, 0.5) is 4.79 Å². The maximum Gasteiger partial charge on any atom is 0.510 e. The Labute approximate surface area is 203 Å². The Kier molecular flexibility index (Phi) is 8.27. The van der Waals surface area contributed by atoms with Crippen LogP contribution in [-0.4, -0.2) is 17.4 Å². The predicted molar refractivity (Wildman–Crippen MR) is 129 cm³/mol. The third kappa shape index (κ3) is 8.88. The molecule has 0 spiro atoms. The van der Waals surface area contributed by atoms with Crippen LogP contribution in [0.25, 0.3) is 0 Å². The molecule has 2 aromatic rings. The maximum absolute atomic E-state index is 12.6. The fourth-order valence-electron chi connectivity index (χ4n) is 2.73. The zero-order valence-corrected chi connectivity index (χ0v) is 22.0. The summed E-state index contributed by atoms with van der Waals surface area (Å²) in [6, 6.07) is 14.3. The Morgan fingerprint density at radius 2 is 0.824 bits per heavy atom. The highest BCUT2D eigenvalue weighted by Crippen LogP contribution is 2.31. The van der Waals surface area contributed by atoms with Gasteiger partial charge in [0.05, 0.1) is 0 Å². The lowest BCUT2D eigenvalue weighted by Crippen LogP contribution is -2.31. The van der Waals surface area contributed by atoms with Gasteiger partial charge < -0.3 is 19.2 Å². The molecular formula is C27H38O7. The molecule has 7 heteroatoms. The first kappa shape index (κ1) is 27.5. The van der Waals surface area contributed by atoms with Crippen molar-refractivity contribution in [2.24, 2.45) is 0 Å². The van der Waals surface area contributed by atoms with E-state index < -0.39 is 28.6 Å². The second-order valence-corrected chi connectivity index (χ2v) is 11.1. The lowest BCUT2D eigenvalue weighted by atomic mass is 9.97. The molecule has 7 nitrogen and oxygen atoms in total. The first-order valence-corrected chi connectivity index (χ1v) is 11.3. The highest BCUT2D eigenvalue weighted by Gasteiger charge is 2.32. The van der Waals surface area contributed by atoms with Gasteiger partial charge in [0.2, 0.25) is 0 Å². The van der Waals surface area contributed by atoms with Crippen LogP contribution in [0.2, 0.25) is 0 Å². The fraction of sp³-hybridized carbons (Fsp3) is 0.519. The molecule has 0 atom stereocenters. The summed E-state index contributed by atoms with van der Waals surface area (Å²) in [5.74, 6) is 1.11. The van der Waals surface area contributed by atoms with Gasteiger partial charge in [-0.05, 0) is 105 Å². The van der Waals surface area contributed by atoms with Gasteiger partial charge in [0.25, 0.3) is 0 Å². The van der Waals surface area contributed by atoms with E-state index >= 15 is 0 Å². The van der Waals surface area contributed by atoms with Crippen molar-refractivity contribution in [1.29, 1.82) is 0 Å². The van der Waals surface area contributed by atoms with E-state index in [0.29, 0.717) is 11.5 Å². The van der Waals surface area contributed by atoms with Crippen LogP contribution in [0.5, 0.6) is 11.5 Å². The second kappa shape index (κ2) is 10.2. The lowest BCUT2D eigenvalue weighted by Gasteiger charge is -2.30. The van der Waals surface area contributed by atoms with E-state index in [1.807, 2.05) is 65.8 Å². The average molecular weight is 475 g/mol. The van der Waals surface area contributed by atoms with Gasteiger partial charge in [-0.2, -0.15) is 9.78 Å². The summed E-state index contributed by atoms with van der Waals surface area (Å²) in [6.45, 7) is 18.6. The van der Waals surface area contributed by atoms with Gasteiger partial charge in [0.15, 0.2) is 11.5 Å². The van der Waals surface area contributed by atoms with E-state index in [2.05, 4.69) is 0 Å². The highest BCUT2D eigenvalue weighted by atomic mass is 17.2. The molecule has 0 aliphatic carbocycles. The molecule has 0 aliphatic heterocycles. The van der Waals surface area contributed by atoms with Crippen molar-refractivity contribution in [1.82, 2.24) is 0 Å². The van der Waals surface area contributed by atoms with E-state index in [1.165, 1.54) is 0 Å². The molecule has 0 heterocycles. The third-order valence-electron chi connectivity index (χ3n) is 4.55. The van der Waals surface area contributed by atoms with E-state index in [-0.39, 0.29) is 0 Å². The van der Waals surface area contributed by atoms with E-state index in [0.717, 1.165) is 11.1 Å². The summed E-state index contributed by atoms with van der Waals surface area (Å²) in [6.07, 6.45) is -0.775. The summed E-state index contributed by atoms with van der Waals surface area (Å²) in [5.41, 5.74) is -1.12. The van der Waals surface area contributed by atoms with Gasteiger partial charge >= 0.3 is 6.16 Å². The summed E-state index contributed by atoms with van der Waals surface area (Å²) < 4.78 is 11.3. The quantitative estimate of drug-likeness (QED) is 0.227. The van der Waals surface area contributed by atoms with E-state index in [4.69, 9.17) is 29.0 Å². The van der Waals surface area contributed by atoms with Crippen LogP contribution in [-0.2, 0) is 30.5 Å². The monoisotopic (exact) mass is 474 g/mol. The van der Waals surface area contributed by atoms with Gasteiger partial charge in [0, 0.05) is 0 Å². The Morgan fingerprint density at radius 1 is 0.529 bits per heavy atom. The van der Waals surface area contributed by atoms with Crippen LogP contribution in [0, 0.1) is 0 Å². The molecule has 0 N–H and O–H groups in total. The van der Waals surface area contributed by atoms with Crippen molar-refractivity contribution in [2.45, 2.75) is 91.6 Å². The summed E-state index contributed by atoms with van der Waals surface area (Å²) >= 11 is 0. The molecule has 0 saturated heterocycles. The molecule has 0 aliphatic rings. The fourth-order valence-corrected chi connectivity index (χ4v) is 2.73. The SMILES string of the molecule is CC(C)(C)OOc1ccc(C(C)(C)OC(=O)OC(C)(C)c2ccc(OOC(C)(C)C)cc2)cc1. The zero-order chi connectivity index (χ0) is 25.8. The number of carbonyl (C=O) groups excluding carboxylic acids is 1. The van der Waals surface area contributed by atoms with Gasteiger partial charge in [0.1, 0.15) is 22.4 Å². The second-order valence-electron chi connectivity index (χ2n) is 11.1. The van der Waals surface area contributed by atoms with Crippen LogP contribution in [0.15, 0.2) is 48.5 Å². The topological polar surface area (TPSA) is 72.5 Å². The predicted octanol–water partition coefficient (Wildman–Crippen LogP) is 7.23. The number of benzene rings is 2. The number of rotatable bonds is 8. The molecule has 0 unspecified atom stereocenters. The van der Waals surface area contributed by atoms with Gasteiger partial charge in [-0.3, -0.25) is 0 Å². The van der Waals surface area contributed by atoms with Crippen molar-refractivity contribution in [3.63, 3.8) is 0 Å². The van der Waals surface area contributed by atoms with Crippen LogP contribution in [0.3, 0.4) is 0 Å². The Balaban J connectivity index is 1.98. The molecule has 0 fully saturated rings. The minimum Gasteiger partial charge on any atom is -0.423 e. The molecule has 0 radical (unpaired) electrons. The van der Waals surface area contributed by atoms with Gasteiger partial charge in [-0.15, -0.1) is 0 Å². The Hall–Kier alpha value is -2.77. The largest absolute Gasteiger partial charge is 0.510 e. The number of hydrogen-bond donors (Lipinski definition) is 0. The smallest absolute Gasteiger partial charge is 0.423 e. The highest BCUT2D eigenvalue weighted by molar-refractivity contribution is 5.62. The molecule has 0 aromatic heterocycles. The summed E-state index contributed by atoms with van der Waals surface area (Å²) in [4.78, 5) is 33.9. The van der Waals surface area contributed by atoms with Crippen molar-refractivity contribution in [2.75, 3.05) is 0 Å². The minimum absolute atomic E-state index is 0.425. The molecule has 34 heavy (non-hydrogen) atoms. The van der Waals surface area contributed by atoms with Crippen molar-refractivity contribution < 1.29 is 33.8 Å². The molecule has 2 rings (SSSR count). The Bertz CT molecular complexity index is 853. The van der Waals surface area contributed by atoms with Gasteiger partial charge in [-0.1, -0.05) is 24.3 Å². The number of ether oxygens (including phenoxy) is 2. The van der Waals surface area contributed by atoms with E-state index in [1.54, 1.807) is 52.0 Å². The average Bonchev–Trinajstić information content (AvgIpc) is 2.69. The van der Waals surface area contributed by atoms with Crippen molar-refractivity contribution >= 4 is 6.16 Å². The summed E-state index contributed by atoms with van der Waals surface area (Å²) in [7, 11) is 0. The first-order chi connectivity index (χ1) is 15.5.